The highest BCUT2D eigenvalue weighted by Gasteiger charge is 2.26. The molecule has 0 radical (unpaired) electrons. The molecule has 120 valence electrons. The van der Waals surface area contributed by atoms with Gasteiger partial charge >= 0.3 is 0 Å². The molecule has 1 aliphatic heterocycles. The third-order valence-electron chi connectivity index (χ3n) is 4.98. The van der Waals surface area contributed by atoms with Gasteiger partial charge in [-0.15, -0.1) is 11.3 Å². The van der Waals surface area contributed by atoms with Crippen LogP contribution in [0.3, 0.4) is 0 Å². The summed E-state index contributed by atoms with van der Waals surface area (Å²) in [5.41, 5.74) is 2.22. The molecule has 1 aliphatic carbocycles. The van der Waals surface area contributed by atoms with Crippen LogP contribution < -0.4 is 10.1 Å². The lowest BCUT2D eigenvalue weighted by molar-refractivity contribution is 0.0914. The first-order valence-corrected chi connectivity index (χ1v) is 9.20. The molecule has 2 aromatic rings. The molecule has 1 saturated carbocycles. The van der Waals surface area contributed by atoms with Gasteiger partial charge < -0.3 is 10.1 Å². The highest BCUT2D eigenvalue weighted by Crippen LogP contribution is 2.42. The lowest BCUT2D eigenvalue weighted by Crippen LogP contribution is -2.40. The predicted octanol–water partition coefficient (Wildman–Crippen LogP) is 4.62. The number of benzene rings is 1. The van der Waals surface area contributed by atoms with Gasteiger partial charge in [-0.1, -0.05) is 31.9 Å². The Balaban J connectivity index is 1.57. The fourth-order valence-corrected chi connectivity index (χ4v) is 4.68. The fourth-order valence-electron chi connectivity index (χ4n) is 3.58. The van der Waals surface area contributed by atoms with Crippen molar-refractivity contribution >= 4 is 17.2 Å². The molecule has 1 N–H and O–H groups in total. The molecule has 1 fully saturated rings. The van der Waals surface area contributed by atoms with Crippen LogP contribution in [-0.4, -0.2) is 11.9 Å². The van der Waals surface area contributed by atoms with Crippen LogP contribution in [0.25, 0.3) is 10.4 Å². The van der Waals surface area contributed by atoms with Crippen LogP contribution in [0.2, 0.25) is 0 Å². The van der Waals surface area contributed by atoms with E-state index in [1.54, 1.807) is 11.3 Å². The lowest BCUT2D eigenvalue weighted by Gasteiger charge is -2.29. The zero-order valence-corrected chi connectivity index (χ0v) is 14.1. The monoisotopic (exact) mass is 327 g/mol. The summed E-state index contributed by atoms with van der Waals surface area (Å²) >= 11 is 1.58. The zero-order chi connectivity index (χ0) is 15.8. The van der Waals surface area contributed by atoms with Crippen molar-refractivity contribution in [3.63, 3.8) is 0 Å². The molecule has 3 nitrogen and oxygen atoms in total. The molecule has 1 amide bonds. The van der Waals surface area contributed by atoms with E-state index in [9.17, 15) is 4.79 Å². The van der Waals surface area contributed by atoms with Crippen molar-refractivity contribution in [3.05, 3.63) is 40.8 Å². The Hall–Kier alpha value is -1.81. The van der Waals surface area contributed by atoms with Crippen molar-refractivity contribution in [2.75, 3.05) is 0 Å². The maximum atomic E-state index is 12.6. The number of carbonyl (C=O) groups excluding carboxylic acids is 1. The van der Waals surface area contributed by atoms with E-state index in [2.05, 4.69) is 18.3 Å². The summed E-state index contributed by atoms with van der Waals surface area (Å²) < 4.78 is 5.78. The van der Waals surface area contributed by atoms with Gasteiger partial charge in [0.2, 0.25) is 0 Å². The highest BCUT2D eigenvalue weighted by molar-refractivity contribution is 7.17. The van der Waals surface area contributed by atoms with E-state index in [4.69, 9.17) is 4.74 Å². The topological polar surface area (TPSA) is 38.3 Å². The van der Waals surface area contributed by atoms with E-state index >= 15 is 0 Å². The minimum absolute atomic E-state index is 0.0700. The van der Waals surface area contributed by atoms with E-state index in [1.165, 1.54) is 24.1 Å². The van der Waals surface area contributed by atoms with E-state index < -0.39 is 0 Å². The molecule has 2 atom stereocenters. The minimum atomic E-state index is 0.0700. The summed E-state index contributed by atoms with van der Waals surface area (Å²) in [5, 5.41) is 3.25. The Morgan fingerprint density at radius 1 is 1.26 bits per heavy atom. The smallest absolute Gasteiger partial charge is 0.261 e. The average molecular weight is 327 g/mol. The first kappa shape index (κ1) is 14.8. The second-order valence-corrected chi connectivity index (χ2v) is 7.64. The largest absolute Gasteiger partial charge is 0.488 e. The number of hydrogen-bond donors (Lipinski definition) is 1. The number of rotatable bonds is 2. The molecule has 1 aromatic heterocycles. The number of amides is 1. The Kier molecular flexibility index (Phi) is 3.85. The van der Waals surface area contributed by atoms with Crippen LogP contribution in [0.1, 0.15) is 47.8 Å². The third kappa shape index (κ3) is 2.76. The summed E-state index contributed by atoms with van der Waals surface area (Å²) in [6.07, 6.45) is 4.82. The number of carbonyl (C=O) groups is 1. The van der Waals surface area contributed by atoms with E-state index in [0.717, 1.165) is 28.2 Å². The van der Waals surface area contributed by atoms with E-state index in [0.29, 0.717) is 18.6 Å². The van der Waals surface area contributed by atoms with Gasteiger partial charge in [0.1, 0.15) is 12.4 Å². The lowest BCUT2D eigenvalue weighted by atomic mass is 9.86. The summed E-state index contributed by atoms with van der Waals surface area (Å²) in [4.78, 5) is 14.6. The third-order valence-corrected chi connectivity index (χ3v) is 6.19. The van der Waals surface area contributed by atoms with Gasteiger partial charge in [-0.3, -0.25) is 4.79 Å². The van der Waals surface area contributed by atoms with Crippen LogP contribution in [0.5, 0.6) is 5.75 Å². The van der Waals surface area contributed by atoms with Crippen LogP contribution in [0.15, 0.2) is 30.3 Å². The number of ether oxygens (including phenoxy) is 1. The maximum Gasteiger partial charge on any atom is 0.261 e. The molecule has 0 saturated heterocycles. The van der Waals surface area contributed by atoms with E-state index in [1.807, 2.05) is 24.3 Å². The maximum absolute atomic E-state index is 12.6. The molecule has 1 aromatic carbocycles. The predicted molar refractivity (Wildman–Crippen MR) is 93.0 cm³/mol. The van der Waals surface area contributed by atoms with Crippen molar-refractivity contribution in [1.82, 2.24) is 5.32 Å². The van der Waals surface area contributed by atoms with Crippen LogP contribution >= 0.6 is 11.3 Å². The van der Waals surface area contributed by atoms with Gasteiger partial charge in [-0.25, -0.2) is 0 Å². The number of para-hydroxylation sites is 1. The van der Waals surface area contributed by atoms with Gasteiger partial charge in [0.25, 0.3) is 5.91 Å². The fraction of sp³-hybridized carbons (Fsp3) is 0.421. The number of hydrogen-bond acceptors (Lipinski definition) is 3. The molecule has 2 heterocycles. The number of nitrogens with one attached hydrogen (secondary N) is 1. The molecule has 2 aliphatic rings. The molecular weight excluding hydrogens is 306 g/mol. The standard InChI is InChI=1S/C19H21NO2S/c1-12-6-2-4-8-15(12)20-19(21)17-10-13-11-22-16-9-5-3-7-14(16)18(13)23-17/h3,5,7,9-10,12,15H,2,4,6,8,11H2,1H3,(H,20,21). The second-order valence-electron chi connectivity index (χ2n) is 6.59. The van der Waals surface area contributed by atoms with Crippen molar-refractivity contribution in [3.8, 4) is 16.2 Å². The van der Waals surface area contributed by atoms with Crippen LogP contribution in [0, 0.1) is 5.92 Å². The Morgan fingerprint density at radius 3 is 2.96 bits per heavy atom. The molecular formula is C19H21NO2S. The van der Waals surface area contributed by atoms with Gasteiger partial charge in [0.15, 0.2) is 0 Å². The number of thiophene rings is 1. The SMILES string of the molecule is CC1CCCCC1NC(=O)c1cc2c(s1)-c1ccccc1OC2. The van der Waals surface area contributed by atoms with Gasteiger partial charge in [-0.2, -0.15) is 0 Å². The quantitative estimate of drug-likeness (QED) is 0.874. The molecule has 23 heavy (non-hydrogen) atoms. The molecule has 4 rings (SSSR count). The molecule has 4 heteroatoms. The van der Waals surface area contributed by atoms with Crippen molar-refractivity contribution in [1.29, 1.82) is 0 Å². The highest BCUT2D eigenvalue weighted by atomic mass is 32.1. The Labute approximate surface area is 140 Å². The first-order chi connectivity index (χ1) is 11.2. The Bertz CT molecular complexity index is 737. The summed E-state index contributed by atoms with van der Waals surface area (Å²) in [6, 6.07) is 10.4. The molecule has 2 unspecified atom stereocenters. The summed E-state index contributed by atoms with van der Waals surface area (Å²) in [6.45, 7) is 2.80. The van der Waals surface area contributed by atoms with Crippen molar-refractivity contribution < 1.29 is 9.53 Å². The second kappa shape index (κ2) is 6.00. The van der Waals surface area contributed by atoms with Crippen LogP contribution in [-0.2, 0) is 6.61 Å². The number of fused-ring (bicyclic) bond motifs is 3. The van der Waals surface area contributed by atoms with Crippen molar-refractivity contribution in [2.45, 2.75) is 45.3 Å². The molecule has 0 bridgehead atoms. The summed E-state index contributed by atoms with van der Waals surface area (Å²) in [7, 11) is 0. The average Bonchev–Trinajstić information content (AvgIpc) is 3.02. The van der Waals surface area contributed by atoms with Gasteiger partial charge in [0.05, 0.1) is 4.88 Å². The van der Waals surface area contributed by atoms with Crippen LogP contribution in [0.4, 0.5) is 0 Å². The normalized spacial score (nSPS) is 22.7. The van der Waals surface area contributed by atoms with Crippen molar-refractivity contribution in [2.24, 2.45) is 5.92 Å². The summed E-state index contributed by atoms with van der Waals surface area (Å²) in [5.74, 6) is 1.56. The van der Waals surface area contributed by atoms with Gasteiger partial charge in [-0.05, 0) is 37.0 Å². The Morgan fingerprint density at radius 2 is 2.09 bits per heavy atom. The minimum Gasteiger partial charge on any atom is -0.488 e. The van der Waals surface area contributed by atoms with E-state index in [-0.39, 0.29) is 5.91 Å². The van der Waals surface area contributed by atoms with Gasteiger partial charge in [0, 0.05) is 22.0 Å². The molecule has 0 spiro atoms. The first-order valence-electron chi connectivity index (χ1n) is 8.38. The zero-order valence-electron chi connectivity index (χ0n) is 13.3.